The number of rotatable bonds is 7. The molecular weight excluding hydrogens is 270 g/mol. The molecule has 0 radical (unpaired) electrons. The molecule has 5 heteroatoms. The van der Waals surface area contributed by atoms with Gasteiger partial charge in [0.25, 0.3) is 0 Å². The highest BCUT2D eigenvalue weighted by Gasteiger charge is 2.30. The van der Waals surface area contributed by atoms with E-state index in [1.54, 1.807) is 24.3 Å². The number of anilines is 1. The zero-order valence-corrected chi connectivity index (χ0v) is 12.6. The second-order valence-corrected chi connectivity index (χ2v) is 5.69. The van der Waals surface area contributed by atoms with Gasteiger partial charge in [-0.25, -0.2) is 0 Å². The van der Waals surface area contributed by atoms with Crippen LogP contribution < -0.4 is 10.1 Å². The van der Waals surface area contributed by atoms with Crippen molar-refractivity contribution in [1.29, 1.82) is 0 Å². The fourth-order valence-electron chi connectivity index (χ4n) is 1.55. The molecule has 0 saturated carbocycles. The summed E-state index contributed by atoms with van der Waals surface area (Å²) >= 11 is 0. The molecule has 2 N–H and O–H groups in total. The highest BCUT2D eigenvalue weighted by atomic mass is 16.5. The summed E-state index contributed by atoms with van der Waals surface area (Å²) in [5, 5.41) is 11.7. The number of carboxylic acids is 1. The summed E-state index contributed by atoms with van der Waals surface area (Å²) in [6.07, 6.45) is -0.0980. The Hall–Kier alpha value is -2.30. The van der Waals surface area contributed by atoms with Crippen molar-refractivity contribution in [2.45, 2.75) is 27.2 Å². The summed E-state index contributed by atoms with van der Waals surface area (Å²) in [7, 11) is 0. The molecule has 0 heterocycles. The molecule has 1 aromatic carbocycles. The minimum absolute atomic E-state index is 0.0980. The molecule has 0 fully saturated rings. The summed E-state index contributed by atoms with van der Waals surface area (Å²) in [4.78, 5) is 22.9. The zero-order chi connectivity index (χ0) is 16.0. The van der Waals surface area contributed by atoms with Crippen LogP contribution in [0.3, 0.4) is 0 Å². The number of hydrogen-bond donors (Lipinski definition) is 2. The Morgan fingerprint density at radius 2 is 2.05 bits per heavy atom. The van der Waals surface area contributed by atoms with Gasteiger partial charge in [0, 0.05) is 18.2 Å². The van der Waals surface area contributed by atoms with Crippen LogP contribution in [0.1, 0.15) is 27.2 Å². The van der Waals surface area contributed by atoms with E-state index in [4.69, 9.17) is 9.84 Å². The number of amides is 1. The van der Waals surface area contributed by atoms with Crippen molar-refractivity contribution in [2.75, 3.05) is 11.9 Å². The van der Waals surface area contributed by atoms with Gasteiger partial charge in [0.15, 0.2) is 0 Å². The lowest BCUT2D eigenvalue weighted by Crippen LogP contribution is -2.29. The summed E-state index contributed by atoms with van der Waals surface area (Å²) in [6, 6.07) is 6.94. The maximum atomic E-state index is 11.9. The van der Waals surface area contributed by atoms with Crippen LogP contribution in [0.2, 0.25) is 0 Å². The van der Waals surface area contributed by atoms with Crippen molar-refractivity contribution in [3.63, 3.8) is 0 Å². The molecule has 1 rings (SSSR count). The molecule has 0 aliphatic carbocycles. The first-order chi connectivity index (χ1) is 9.70. The fraction of sp³-hybridized carbons (Fsp3) is 0.375. The molecule has 1 amide bonds. The first kappa shape index (κ1) is 16.8. The van der Waals surface area contributed by atoms with Crippen molar-refractivity contribution >= 4 is 17.6 Å². The maximum Gasteiger partial charge on any atom is 0.309 e. The lowest BCUT2D eigenvalue weighted by atomic mass is 9.89. The summed E-state index contributed by atoms with van der Waals surface area (Å²) in [5.41, 5.74) is 0.367. The van der Waals surface area contributed by atoms with E-state index >= 15 is 0 Å². The Labute approximate surface area is 124 Å². The highest BCUT2D eigenvalue weighted by Crippen LogP contribution is 2.23. The average Bonchev–Trinajstić information content (AvgIpc) is 2.35. The Morgan fingerprint density at radius 3 is 2.62 bits per heavy atom. The molecule has 0 atom stereocenters. The van der Waals surface area contributed by atoms with Crippen molar-refractivity contribution in [1.82, 2.24) is 0 Å². The van der Waals surface area contributed by atoms with Gasteiger partial charge in [-0.15, -0.1) is 0 Å². The van der Waals surface area contributed by atoms with Crippen molar-refractivity contribution in [3.05, 3.63) is 36.4 Å². The third-order valence-electron chi connectivity index (χ3n) is 2.78. The largest absolute Gasteiger partial charge is 0.489 e. The lowest BCUT2D eigenvalue weighted by Gasteiger charge is -2.18. The maximum absolute atomic E-state index is 11.9. The van der Waals surface area contributed by atoms with Gasteiger partial charge < -0.3 is 15.2 Å². The van der Waals surface area contributed by atoms with E-state index in [9.17, 15) is 9.59 Å². The first-order valence-electron chi connectivity index (χ1n) is 6.61. The van der Waals surface area contributed by atoms with Gasteiger partial charge >= 0.3 is 5.97 Å². The number of carboxylic acid groups (broad SMARTS) is 1. The van der Waals surface area contributed by atoms with Gasteiger partial charge in [-0.05, 0) is 38.5 Å². The average molecular weight is 291 g/mol. The number of nitrogens with one attached hydrogen (secondary N) is 1. The van der Waals surface area contributed by atoms with Crippen LogP contribution in [0.5, 0.6) is 5.75 Å². The smallest absolute Gasteiger partial charge is 0.309 e. The number of carbonyl (C=O) groups is 2. The minimum Gasteiger partial charge on any atom is -0.489 e. The van der Waals surface area contributed by atoms with Crippen LogP contribution in [0.15, 0.2) is 36.4 Å². The molecule has 0 aliphatic heterocycles. The summed E-state index contributed by atoms with van der Waals surface area (Å²) in [5.74, 6) is -0.732. The van der Waals surface area contributed by atoms with Gasteiger partial charge in [0.2, 0.25) is 5.91 Å². The van der Waals surface area contributed by atoms with E-state index in [0.29, 0.717) is 18.0 Å². The Morgan fingerprint density at radius 1 is 1.38 bits per heavy atom. The molecule has 0 unspecified atom stereocenters. The Balaban J connectivity index is 2.66. The van der Waals surface area contributed by atoms with Crippen molar-refractivity contribution in [3.8, 4) is 5.75 Å². The van der Waals surface area contributed by atoms with E-state index in [1.165, 1.54) is 13.8 Å². The molecular formula is C16H21NO4. The predicted molar refractivity (Wildman–Crippen MR) is 81.4 cm³/mol. The first-order valence-corrected chi connectivity index (χ1v) is 6.61. The molecule has 0 saturated heterocycles. The van der Waals surface area contributed by atoms with E-state index in [-0.39, 0.29) is 12.3 Å². The van der Waals surface area contributed by atoms with Crippen LogP contribution in [0.25, 0.3) is 0 Å². The SMILES string of the molecule is C=C(C)COc1cccc(NC(=O)CC(C)(C)C(=O)O)c1. The molecule has 114 valence electrons. The number of carbonyl (C=O) groups excluding carboxylic acids is 1. The van der Waals surface area contributed by atoms with Gasteiger partial charge in [0.1, 0.15) is 12.4 Å². The van der Waals surface area contributed by atoms with Gasteiger partial charge in [-0.3, -0.25) is 9.59 Å². The number of hydrogen-bond acceptors (Lipinski definition) is 3. The fourth-order valence-corrected chi connectivity index (χ4v) is 1.55. The zero-order valence-electron chi connectivity index (χ0n) is 12.6. The minimum atomic E-state index is -1.10. The van der Waals surface area contributed by atoms with Gasteiger partial charge in [-0.2, -0.15) is 0 Å². The molecule has 0 bridgehead atoms. The van der Waals surface area contributed by atoms with Crippen LogP contribution in [-0.2, 0) is 9.59 Å². The van der Waals surface area contributed by atoms with E-state index < -0.39 is 11.4 Å². The second-order valence-electron chi connectivity index (χ2n) is 5.69. The normalized spacial score (nSPS) is 10.8. The lowest BCUT2D eigenvalue weighted by molar-refractivity contribution is -0.148. The standard InChI is InChI=1S/C16H21NO4/c1-11(2)10-21-13-7-5-6-12(8-13)17-14(18)9-16(3,4)15(19)20/h5-8H,1,9-10H2,2-4H3,(H,17,18)(H,19,20). The molecule has 21 heavy (non-hydrogen) atoms. The highest BCUT2D eigenvalue weighted by molar-refractivity contribution is 5.94. The van der Waals surface area contributed by atoms with Crippen LogP contribution >= 0.6 is 0 Å². The van der Waals surface area contributed by atoms with Crippen molar-refractivity contribution < 1.29 is 19.4 Å². The second kappa shape index (κ2) is 6.92. The summed E-state index contributed by atoms with van der Waals surface area (Å²) in [6.45, 7) is 9.04. The van der Waals surface area contributed by atoms with Crippen molar-refractivity contribution in [2.24, 2.45) is 5.41 Å². The Bertz CT molecular complexity index is 549. The predicted octanol–water partition coefficient (Wildman–Crippen LogP) is 3.08. The monoisotopic (exact) mass is 291 g/mol. The quantitative estimate of drug-likeness (QED) is 0.757. The third-order valence-corrected chi connectivity index (χ3v) is 2.78. The Kier molecular flexibility index (Phi) is 5.52. The molecule has 0 aliphatic rings. The third kappa shape index (κ3) is 5.69. The summed E-state index contributed by atoms with van der Waals surface area (Å²) < 4.78 is 5.48. The molecule has 1 aromatic rings. The number of aliphatic carboxylic acids is 1. The van der Waals surface area contributed by atoms with Gasteiger partial charge in [0.05, 0.1) is 5.41 Å². The molecule has 0 aromatic heterocycles. The van der Waals surface area contributed by atoms with Crippen LogP contribution in [0.4, 0.5) is 5.69 Å². The van der Waals surface area contributed by atoms with E-state index in [1.807, 2.05) is 6.92 Å². The van der Waals surface area contributed by atoms with Gasteiger partial charge in [-0.1, -0.05) is 12.6 Å². The molecule has 0 spiro atoms. The van der Waals surface area contributed by atoms with E-state index in [0.717, 1.165) is 5.57 Å². The number of ether oxygens (including phenoxy) is 1. The number of benzene rings is 1. The topological polar surface area (TPSA) is 75.6 Å². The van der Waals surface area contributed by atoms with Crippen LogP contribution in [-0.4, -0.2) is 23.6 Å². The molecule has 5 nitrogen and oxygen atoms in total. The van der Waals surface area contributed by atoms with Crippen LogP contribution in [0, 0.1) is 5.41 Å². The van der Waals surface area contributed by atoms with E-state index in [2.05, 4.69) is 11.9 Å².